The van der Waals surface area contributed by atoms with Crippen LogP contribution in [0, 0.1) is 6.92 Å². The van der Waals surface area contributed by atoms with Gasteiger partial charge in [0.15, 0.2) is 11.5 Å². The number of halogens is 1. The van der Waals surface area contributed by atoms with Gasteiger partial charge in [-0.3, -0.25) is 9.59 Å². The Balaban J connectivity index is 1.28. The van der Waals surface area contributed by atoms with Crippen molar-refractivity contribution in [3.8, 4) is 23.0 Å². The quantitative estimate of drug-likeness (QED) is 0.219. The second kappa shape index (κ2) is 12.1. The van der Waals surface area contributed by atoms with Crippen molar-refractivity contribution in [1.29, 1.82) is 0 Å². The number of carbonyl (C=O) groups excluding carboxylic acids is 2. The smallest absolute Gasteiger partial charge is 0.284 e. The highest BCUT2D eigenvalue weighted by Gasteiger charge is 2.27. The van der Waals surface area contributed by atoms with Gasteiger partial charge in [0.05, 0.1) is 37.2 Å². The molecule has 4 heterocycles. The van der Waals surface area contributed by atoms with Crippen LogP contribution in [0.25, 0.3) is 16.6 Å². The molecule has 1 aliphatic heterocycles. The van der Waals surface area contributed by atoms with E-state index in [1.807, 2.05) is 13.0 Å². The number of pyridine rings is 1. The van der Waals surface area contributed by atoms with Gasteiger partial charge in [0, 0.05) is 43.3 Å². The Morgan fingerprint density at radius 2 is 1.82 bits per heavy atom. The fourth-order valence-electron chi connectivity index (χ4n) is 5.06. The minimum absolute atomic E-state index is 0.0974. The number of fused-ring (bicyclic) bond motifs is 2. The Hall–Kier alpha value is -5.79. The summed E-state index contributed by atoms with van der Waals surface area (Å²) < 4.78 is 33.8. The first-order valence-electron chi connectivity index (χ1n) is 13.9. The number of aromatic nitrogens is 5. The number of ether oxygens (including phenoxy) is 3. The summed E-state index contributed by atoms with van der Waals surface area (Å²) in [5.41, 5.74) is 2.79. The highest BCUT2D eigenvalue weighted by Crippen LogP contribution is 2.39. The van der Waals surface area contributed by atoms with E-state index in [-0.39, 0.29) is 17.3 Å². The Labute approximate surface area is 256 Å². The summed E-state index contributed by atoms with van der Waals surface area (Å²) >= 11 is 0. The minimum atomic E-state index is -1.00. The molecule has 3 aromatic heterocycles. The van der Waals surface area contributed by atoms with Crippen molar-refractivity contribution in [3.63, 3.8) is 0 Å². The van der Waals surface area contributed by atoms with Crippen LogP contribution in [0.2, 0.25) is 0 Å². The molecule has 1 fully saturated rings. The second-order valence-corrected chi connectivity index (χ2v) is 10.3. The molecule has 1 saturated heterocycles. The number of hydrogen-bond donors (Lipinski definition) is 2. The van der Waals surface area contributed by atoms with Gasteiger partial charge < -0.3 is 29.7 Å². The Morgan fingerprint density at radius 3 is 2.58 bits per heavy atom. The predicted molar refractivity (Wildman–Crippen MR) is 164 cm³/mol. The third-order valence-electron chi connectivity index (χ3n) is 7.54. The van der Waals surface area contributed by atoms with Gasteiger partial charge in [-0.25, -0.2) is 23.9 Å². The zero-order valence-electron chi connectivity index (χ0n) is 24.9. The first kappa shape index (κ1) is 29.3. The number of rotatable bonds is 9. The molecule has 0 aliphatic carbocycles. The third-order valence-corrected chi connectivity index (χ3v) is 7.54. The number of nitrogens with zero attached hydrogens (tertiary/aromatic N) is 6. The van der Waals surface area contributed by atoms with E-state index >= 15 is 0 Å². The van der Waals surface area contributed by atoms with E-state index in [0.717, 1.165) is 11.6 Å². The number of methoxy groups -OCH3 is 2. The van der Waals surface area contributed by atoms with Crippen molar-refractivity contribution in [2.45, 2.75) is 25.8 Å². The first-order valence-corrected chi connectivity index (χ1v) is 13.9. The van der Waals surface area contributed by atoms with E-state index in [1.54, 1.807) is 55.2 Å². The van der Waals surface area contributed by atoms with Crippen LogP contribution in [0.4, 0.5) is 21.6 Å². The molecule has 5 aromatic rings. The van der Waals surface area contributed by atoms with E-state index < -0.39 is 17.8 Å². The zero-order chi connectivity index (χ0) is 31.7. The zero-order valence-corrected chi connectivity index (χ0v) is 24.9. The lowest BCUT2D eigenvalue weighted by molar-refractivity contribution is -0.127. The topological polar surface area (TPSA) is 145 Å². The van der Waals surface area contributed by atoms with E-state index in [1.165, 1.54) is 24.7 Å². The van der Waals surface area contributed by atoms with E-state index in [9.17, 15) is 14.0 Å². The molecule has 13 nitrogen and oxygen atoms in total. The van der Waals surface area contributed by atoms with Crippen molar-refractivity contribution < 1.29 is 28.2 Å². The van der Waals surface area contributed by atoms with Gasteiger partial charge in [-0.2, -0.15) is 5.10 Å². The lowest BCUT2D eigenvalue weighted by Crippen LogP contribution is -2.27. The van der Waals surface area contributed by atoms with Crippen LogP contribution >= 0.6 is 0 Å². The monoisotopic (exact) mass is 612 g/mol. The average molecular weight is 613 g/mol. The number of amides is 2. The molecule has 230 valence electrons. The molecule has 6 rings (SSSR count). The fourth-order valence-corrected chi connectivity index (χ4v) is 5.06. The molecule has 1 atom stereocenters. The maximum atomic E-state index is 14.9. The van der Waals surface area contributed by atoms with Crippen LogP contribution in [0.5, 0.6) is 23.0 Å². The Kier molecular flexibility index (Phi) is 7.86. The van der Waals surface area contributed by atoms with Crippen LogP contribution in [0.1, 0.15) is 18.4 Å². The fraction of sp³-hybridized carbons (Fsp3) is 0.226. The number of benzene rings is 2. The van der Waals surface area contributed by atoms with E-state index in [2.05, 4.69) is 30.7 Å². The molecule has 2 N–H and O–H groups in total. The molecule has 1 aliphatic rings. The van der Waals surface area contributed by atoms with E-state index in [4.69, 9.17) is 14.2 Å². The third kappa shape index (κ3) is 5.89. The number of carbonyl (C=O) groups is 2. The SMILES string of the molecule is COc1cc2ncnc(Nc3cc(C)c(Oc4ccn5ncnc5c4)cc3OC)c2cc1NC(=O)/C(F)=C\C1CCC(=O)N1C. The number of likely N-dealkylation sites (N-methyl/N-ethyl adjacent to an activating group) is 1. The molecular formula is C31H29FN8O5. The van der Waals surface area contributed by atoms with E-state index in [0.29, 0.717) is 58.1 Å². The normalized spacial score (nSPS) is 15.0. The summed E-state index contributed by atoms with van der Waals surface area (Å²) in [5.74, 6) is 0.256. The molecule has 45 heavy (non-hydrogen) atoms. The highest BCUT2D eigenvalue weighted by molar-refractivity contribution is 6.05. The van der Waals surface area contributed by atoms with Gasteiger partial charge >= 0.3 is 0 Å². The van der Waals surface area contributed by atoms with Gasteiger partial charge in [0.1, 0.15) is 41.5 Å². The minimum Gasteiger partial charge on any atom is -0.494 e. The summed E-state index contributed by atoms with van der Waals surface area (Å²) in [6, 6.07) is 9.91. The van der Waals surface area contributed by atoms with Gasteiger partial charge in [0.2, 0.25) is 5.91 Å². The number of nitrogens with one attached hydrogen (secondary N) is 2. The lowest BCUT2D eigenvalue weighted by atomic mass is 10.1. The second-order valence-electron chi connectivity index (χ2n) is 10.3. The molecule has 2 aromatic carbocycles. The molecule has 2 amide bonds. The van der Waals surface area contributed by atoms with Crippen LogP contribution < -0.4 is 24.8 Å². The Morgan fingerprint density at radius 1 is 1.02 bits per heavy atom. The van der Waals surface area contributed by atoms with Crippen molar-refractivity contribution in [2.24, 2.45) is 0 Å². The number of likely N-dealkylation sites (tertiary alicyclic amines) is 1. The van der Waals surface area contributed by atoms with Crippen LogP contribution in [0.3, 0.4) is 0 Å². The lowest BCUT2D eigenvalue weighted by Gasteiger charge is -2.17. The molecular weight excluding hydrogens is 583 g/mol. The summed E-state index contributed by atoms with van der Waals surface area (Å²) in [4.78, 5) is 39.0. The van der Waals surface area contributed by atoms with Crippen LogP contribution in [-0.4, -0.2) is 68.6 Å². The first-order chi connectivity index (χ1) is 21.7. The molecule has 1 unspecified atom stereocenters. The molecule has 0 saturated carbocycles. The summed E-state index contributed by atoms with van der Waals surface area (Å²) in [5, 5.41) is 10.5. The summed E-state index contributed by atoms with van der Waals surface area (Å²) in [6.07, 6.45) is 6.51. The van der Waals surface area contributed by atoms with Crippen LogP contribution in [0.15, 0.2) is 67.2 Å². The van der Waals surface area contributed by atoms with Gasteiger partial charge in [-0.05, 0) is 43.2 Å². The van der Waals surface area contributed by atoms with Gasteiger partial charge in [-0.15, -0.1) is 0 Å². The summed E-state index contributed by atoms with van der Waals surface area (Å²) in [7, 11) is 4.56. The molecule has 0 spiro atoms. The number of aryl methyl sites for hydroxylation is 1. The maximum absolute atomic E-state index is 14.9. The predicted octanol–water partition coefficient (Wildman–Crippen LogP) is 4.95. The Bertz CT molecular complexity index is 1980. The molecule has 0 radical (unpaired) electrons. The van der Waals surface area contributed by atoms with Crippen molar-refractivity contribution in [3.05, 3.63) is 72.7 Å². The van der Waals surface area contributed by atoms with Gasteiger partial charge in [0.25, 0.3) is 5.91 Å². The van der Waals surface area contributed by atoms with Gasteiger partial charge in [-0.1, -0.05) is 0 Å². The largest absolute Gasteiger partial charge is 0.494 e. The molecule has 0 bridgehead atoms. The number of anilines is 3. The molecule has 14 heteroatoms. The highest BCUT2D eigenvalue weighted by atomic mass is 19.1. The summed E-state index contributed by atoms with van der Waals surface area (Å²) in [6.45, 7) is 1.90. The van der Waals surface area contributed by atoms with Crippen molar-refractivity contribution >= 4 is 45.6 Å². The van der Waals surface area contributed by atoms with Crippen molar-refractivity contribution in [1.82, 2.24) is 29.5 Å². The maximum Gasteiger partial charge on any atom is 0.284 e. The van der Waals surface area contributed by atoms with Crippen molar-refractivity contribution in [2.75, 3.05) is 31.9 Å². The average Bonchev–Trinajstić information content (AvgIpc) is 3.63. The number of hydrogen-bond acceptors (Lipinski definition) is 10. The van der Waals surface area contributed by atoms with Crippen LogP contribution in [-0.2, 0) is 9.59 Å². The standard InChI is InChI=1S/C31H29FN8O5/c1-17-9-23(27(44-4)14-25(17)45-19-7-8-40-28(11-19)34-16-36-40)37-30-20-12-24(26(43-3)13-22(20)33-15-35-30)38-31(42)21(32)10-18-5-6-29(41)39(18)2/h7-16,18H,5-6H2,1-4H3,(H,38,42)(H,33,35,37)/b21-10+.